The topological polar surface area (TPSA) is 38.1 Å². The number of anilines is 1. The van der Waals surface area contributed by atoms with E-state index in [2.05, 4.69) is 26.4 Å². The first-order chi connectivity index (χ1) is 10.6. The Morgan fingerprint density at radius 1 is 1.14 bits per heavy atom. The molecule has 116 valence electrons. The smallest absolute Gasteiger partial charge is 0.177 e. The maximum absolute atomic E-state index is 13.7. The quantitative estimate of drug-likeness (QED) is 0.662. The van der Waals surface area contributed by atoms with E-state index in [1.54, 1.807) is 12.1 Å². The normalized spacial score (nSPS) is 10.2. The molecule has 3 nitrogen and oxygen atoms in total. The first-order valence-corrected chi connectivity index (χ1v) is 7.65. The standard InChI is InChI=1S/C14H9BrF2N2O.C2H6/c15-9-2-1-8(12(17)5-9)7-18-14-11-6-10(16)3-4-13(11)20-19-14;1-2/h1-6H,7H2,(H,18,19);1-2H3. The molecule has 1 N–H and O–H groups in total. The lowest BCUT2D eigenvalue weighted by Gasteiger charge is -2.05. The number of benzene rings is 2. The monoisotopic (exact) mass is 368 g/mol. The average Bonchev–Trinajstić information content (AvgIpc) is 2.91. The maximum atomic E-state index is 13.7. The van der Waals surface area contributed by atoms with E-state index in [-0.39, 0.29) is 18.2 Å². The predicted molar refractivity (Wildman–Crippen MR) is 86.7 cm³/mol. The lowest BCUT2D eigenvalue weighted by Crippen LogP contribution is -2.02. The Bertz CT molecular complexity index is 774. The van der Waals surface area contributed by atoms with E-state index < -0.39 is 0 Å². The summed E-state index contributed by atoms with van der Waals surface area (Å²) in [4.78, 5) is 0. The molecule has 6 heteroatoms. The Hall–Kier alpha value is -1.95. The summed E-state index contributed by atoms with van der Waals surface area (Å²) < 4.78 is 32.6. The number of nitrogens with one attached hydrogen (secondary N) is 1. The molecule has 3 rings (SSSR count). The summed E-state index contributed by atoms with van der Waals surface area (Å²) in [6.45, 7) is 4.23. The minimum absolute atomic E-state index is 0.233. The van der Waals surface area contributed by atoms with Crippen LogP contribution in [0.25, 0.3) is 11.0 Å². The van der Waals surface area contributed by atoms with Gasteiger partial charge in [-0.2, -0.15) is 0 Å². The first kappa shape index (κ1) is 16.4. The van der Waals surface area contributed by atoms with Crippen LogP contribution in [0.4, 0.5) is 14.6 Å². The van der Waals surface area contributed by atoms with Gasteiger partial charge in [0.1, 0.15) is 11.6 Å². The van der Waals surface area contributed by atoms with Gasteiger partial charge in [-0.15, -0.1) is 0 Å². The summed E-state index contributed by atoms with van der Waals surface area (Å²) >= 11 is 3.20. The molecule has 0 spiro atoms. The third kappa shape index (κ3) is 3.62. The zero-order valence-electron chi connectivity index (χ0n) is 12.2. The van der Waals surface area contributed by atoms with Gasteiger partial charge in [0, 0.05) is 16.6 Å². The van der Waals surface area contributed by atoms with Gasteiger partial charge in [0.25, 0.3) is 0 Å². The van der Waals surface area contributed by atoms with Crippen LogP contribution in [0.1, 0.15) is 19.4 Å². The lowest BCUT2D eigenvalue weighted by atomic mass is 10.2. The fourth-order valence-electron chi connectivity index (χ4n) is 1.88. The second-order valence-corrected chi connectivity index (χ2v) is 5.18. The molecule has 0 saturated heterocycles. The third-order valence-corrected chi connectivity index (χ3v) is 3.39. The fourth-order valence-corrected chi connectivity index (χ4v) is 2.22. The Morgan fingerprint density at radius 2 is 1.91 bits per heavy atom. The van der Waals surface area contributed by atoms with Crippen molar-refractivity contribution in [2.45, 2.75) is 20.4 Å². The number of nitrogens with zero attached hydrogens (tertiary/aromatic N) is 1. The number of aromatic nitrogens is 1. The molecule has 0 saturated carbocycles. The highest BCUT2D eigenvalue weighted by atomic mass is 79.9. The van der Waals surface area contributed by atoms with E-state index >= 15 is 0 Å². The second-order valence-electron chi connectivity index (χ2n) is 4.26. The van der Waals surface area contributed by atoms with E-state index in [1.165, 1.54) is 24.3 Å². The summed E-state index contributed by atoms with van der Waals surface area (Å²) in [5.74, 6) is -0.314. The zero-order chi connectivity index (χ0) is 16.1. The highest BCUT2D eigenvalue weighted by Gasteiger charge is 2.10. The Labute approximate surface area is 135 Å². The highest BCUT2D eigenvalue weighted by molar-refractivity contribution is 9.10. The van der Waals surface area contributed by atoms with Crippen molar-refractivity contribution in [2.24, 2.45) is 0 Å². The minimum Gasteiger partial charge on any atom is -0.363 e. The Morgan fingerprint density at radius 3 is 2.64 bits per heavy atom. The Kier molecular flexibility index (Phi) is 5.49. The summed E-state index contributed by atoms with van der Waals surface area (Å²) in [6, 6.07) is 8.92. The van der Waals surface area contributed by atoms with Crippen LogP contribution in [0.15, 0.2) is 45.4 Å². The molecule has 0 amide bonds. The molecule has 0 aliphatic carbocycles. The molecular weight excluding hydrogens is 354 g/mol. The Balaban J connectivity index is 0.000000847. The van der Waals surface area contributed by atoms with Gasteiger partial charge < -0.3 is 9.84 Å². The van der Waals surface area contributed by atoms with E-state index in [9.17, 15) is 8.78 Å². The molecule has 0 radical (unpaired) electrons. The fraction of sp³-hybridized carbons (Fsp3) is 0.188. The van der Waals surface area contributed by atoms with Gasteiger partial charge in [-0.3, -0.25) is 0 Å². The van der Waals surface area contributed by atoms with Gasteiger partial charge in [-0.05, 0) is 30.3 Å². The van der Waals surface area contributed by atoms with Crippen molar-refractivity contribution in [3.05, 3.63) is 58.1 Å². The largest absolute Gasteiger partial charge is 0.363 e. The van der Waals surface area contributed by atoms with Crippen molar-refractivity contribution in [3.8, 4) is 0 Å². The van der Waals surface area contributed by atoms with Crippen molar-refractivity contribution < 1.29 is 13.3 Å². The molecule has 3 aromatic rings. The van der Waals surface area contributed by atoms with Gasteiger partial charge in [-0.1, -0.05) is 41.0 Å². The van der Waals surface area contributed by atoms with E-state index in [0.29, 0.717) is 26.8 Å². The summed E-state index contributed by atoms with van der Waals surface area (Å²) in [7, 11) is 0. The van der Waals surface area contributed by atoms with Crippen LogP contribution in [-0.2, 0) is 6.54 Å². The molecule has 0 aliphatic rings. The van der Waals surface area contributed by atoms with Crippen LogP contribution in [-0.4, -0.2) is 5.16 Å². The van der Waals surface area contributed by atoms with E-state index in [1.807, 2.05) is 13.8 Å². The molecule has 0 aliphatic heterocycles. The number of halogens is 3. The van der Waals surface area contributed by atoms with Crippen molar-refractivity contribution in [3.63, 3.8) is 0 Å². The first-order valence-electron chi connectivity index (χ1n) is 6.86. The van der Waals surface area contributed by atoms with Crippen LogP contribution in [0.3, 0.4) is 0 Å². The van der Waals surface area contributed by atoms with Crippen LogP contribution in [0.5, 0.6) is 0 Å². The van der Waals surface area contributed by atoms with Crippen molar-refractivity contribution >= 4 is 32.7 Å². The van der Waals surface area contributed by atoms with Crippen molar-refractivity contribution in [2.75, 3.05) is 5.32 Å². The number of fused-ring (bicyclic) bond motifs is 1. The maximum Gasteiger partial charge on any atom is 0.177 e. The van der Waals surface area contributed by atoms with E-state index in [4.69, 9.17) is 4.52 Å². The number of hydrogen-bond acceptors (Lipinski definition) is 3. The van der Waals surface area contributed by atoms with Crippen LogP contribution >= 0.6 is 15.9 Å². The molecule has 0 fully saturated rings. The number of rotatable bonds is 3. The summed E-state index contributed by atoms with van der Waals surface area (Å²) in [5.41, 5.74) is 0.964. The molecular formula is C16H15BrF2N2O. The predicted octanol–water partition coefficient (Wildman–Crippen LogP) is 5.51. The highest BCUT2D eigenvalue weighted by Crippen LogP contribution is 2.24. The SMILES string of the molecule is CC.Fc1ccc2onc(NCc3ccc(Br)cc3F)c2c1. The molecule has 0 unspecified atom stereocenters. The zero-order valence-corrected chi connectivity index (χ0v) is 13.7. The summed E-state index contributed by atoms with van der Waals surface area (Å²) in [6.07, 6.45) is 0. The second kappa shape index (κ2) is 7.35. The molecule has 0 atom stereocenters. The molecule has 22 heavy (non-hydrogen) atoms. The van der Waals surface area contributed by atoms with Gasteiger partial charge in [-0.25, -0.2) is 8.78 Å². The van der Waals surface area contributed by atoms with Crippen molar-refractivity contribution in [1.82, 2.24) is 5.16 Å². The molecule has 0 bridgehead atoms. The van der Waals surface area contributed by atoms with Crippen LogP contribution in [0, 0.1) is 11.6 Å². The van der Waals surface area contributed by atoms with Gasteiger partial charge in [0.15, 0.2) is 11.4 Å². The minimum atomic E-state index is -0.376. The van der Waals surface area contributed by atoms with Crippen LogP contribution in [0.2, 0.25) is 0 Å². The number of hydrogen-bond donors (Lipinski definition) is 1. The third-order valence-electron chi connectivity index (χ3n) is 2.89. The van der Waals surface area contributed by atoms with Crippen LogP contribution < -0.4 is 5.32 Å². The average molecular weight is 369 g/mol. The molecule has 1 aromatic heterocycles. The molecule has 2 aromatic carbocycles. The molecule has 1 heterocycles. The van der Waals surface area contributed by atoms with Gasteiger partial charge in [0.2, 0.25) is 0 Å². The van der Waals surface area contributed by atoms with Crippen molar-refractivity contribution in [1.29, 1.82) is 0 Å². The van der Waals surface area contributed by atoms with Gasteiger partial charge in [0.05, 0.1) is 5.39 Å². The summed E-state index contributed by atoms with van der Waals surface area (Å²) in [5, 5.41) is 7.29. The van der Waals surface area contributed by atoms with E-state index in [0.717, 1.165) is 0 Å². The lowest BCUT2D eigenvalue weighted by molar-refractivity contribution is 0.459. The van der Waals surface area contributed by atoms with Gasteiger partial charge >= 0.3 is 0 Å².